The quantitative estimate of drug-likeness (QED) is 0.746. The third kappa shape index (κ3) is 4.14. The molecule has 0 unspecified atom stereocenters. The van der Waals surface area contributed by atoms with Gasteiger partial charge in [-0.05, 0) is 12.6 Å². The van der Waals surface area contributed by atoms with Crippen LogP contribution in [0.4, 0.5) is 5.95 Å². The van der Waals surface area contributed by atoms with Crippen molar-refractivity contribution in [1.82, 2.24) is 15.3 Å². The van der Waals surface area contributed by atoms with Crippen LogP contribution in [-0.4, -0.2) is 29.6 Å². The Bertz CT molecular complexity index is 317. The maximum Gasteiger partial charge on any atom is 0.222 e. The first-order chi connectivity index (χ1) is 7.54. The molecule has 0 atom stereocenters. The van der Waals surface area contributed by atoms with Gasteiger partial charge in [-0.1, -0.05) is 27.7 Å². The molecule has 0 fully saturated rings. The van der Waals surface area contributed by atoms with Crippen molar-refractivity contribution in [1.29, 1.82) is 0 Å². The minimum Gasteiger partial charge on any atom is -0.353 e. The molecule has 4 nitrogen and oxygen atoms in total. The molecule has 90 valence electrons. The number of rotatable bonds is 5. The molecule has 0 amide bonds. The first kappa shape index (κ1) is 12.9. The Balaban J connectivity index is 2.54. The topological polar surface area (TPSA) is 49.8 Å². The van der Waals surface area contributed by atoms with E-state index in [9.17, 15) is 0 Å². The standard InChI is InChI=1S/C12H22N4/c1-5-13-8-9-15-11-14-7-6-10(16-11)12(2,3)4/h6-7,13H,5,8-9H2,1-4H3,(H,14,15,16). The number of likely N-dealkylation sites (N-methyl/N-ethyl adjacent to an activating group) is 1. The molecule has 0 aliphatic heterocycles. The highest BCUT2D eigenvalue weighted by atomic mass is 15.1. The van der Waals surface area contributed by atoms with Crippen molar-refractivity contribution in [2.24, 2.45) is 0 Å². The van der Waals surface area contributed by atoms with Gasteiger partial charge in [0.25, 0.3) is 0 Å². The molecular formula is C12H22N4. The van der Waals surface area contributed by atoms with E-state index >= 15 is 0 Å². The van der Waals surface area contributed by atoms with E-state index in [2.05, 4.69) is 48.3 Å². The van der Waals surface area contributed by atoms with Crippen LogP contribution in [0.1, 0.15) is 33.4 Å². The predicted octanol–water partition coefficient (Wildman–Crippen LogP) is 1.80. The molecule has 0 radical (unpaired) electrons. The van der Waals surface area contributed by atoms with Crippen LogP contribution in [0.25, 0.3) is 0 Å². The van der Waals surface area contributed by atoms with E-state index in [1.807, 2.05) is 12.3 Å². The zero-order chi connectivity index (χ0) is 12.0. The van der Waals surface area contributed by atoms with E-state index in [0.717, 1.165) is 25.3 Å². The maximum atomic E-state index is 4.49. The van der Waals surface area contributed by atoms with E-state index in [1.54, 1.807) is 0 Å². The molecule has 1 rings (SSSR count). The van der Waals surface area contributed by atoms with Crippen molar-refractivity contribution < 1.29 is 0 Å². The molecule has 1 aromatic heterocycles. The summed E-state index contributed by atoms with van der Waals surface area (Å²) >= 11 is 0. The number of hydrogen-bond acceptors (Lipinski definition) is 4. The Morgan fingerprint density at radius 2 is 2.00 bits per heavy atom. The van der Waals surface area contributed by atoms with Crippen LogP contribution in [0.15, 0.2) is 12.3 Å². The summed E-state index contributed by atoms with van der Waals surface area (Å²) in [7, 11) is 0. The van der Waals surface area contributed by atoms with Gasteiger partial charge in [-0.25, -0.2) is 9.97 Å². The second-order valence-electron chi connectivity index (χ2n) is 4.80. The van der Waals surface area contributed by atoms with E-state index in [0.29, 0.717) is 5.95 Å². The molecule has 0 saturated heterocycles. The minimum atomic E-state index is 0.0705. The highest BCUT2D eigenvalue weighted by Gasteiger charge is 2.15. The van der Waals surface area contributed by atoms with Gasteiger partial charge in [0.2, 0.25) is 5.95 Å². The van der Waals surface area contributed by atoms with Crippen LogP contribution in [0.3, 0.4) is 0 Å². The highest BCUT2D eigenvalue weighted by Crippen LogP contribution is 2.19. The van der Waals surface area contributed by atoms with Crippen molar-refractivity contribution >= 4 is 5.95 Å². The number of anilines is 1. The fourth-order valence-electron chi connectivity index (χ4n) is 1.30. The largest absolute Gasteiger partial charge is 0.353 e. The zero-order valence-corrected chi connectivity index (χ0v) is 10.7. The van der Waals surface area contributed by atoms with Crippen LogP contribution in [0.5, 0.6) is 0 Å². The van der Waals surface area contributed by atoms with Crippen molar-refractivity contribution in [2.75, 3.05) is 25.0 Å². The summed E-state index contributed by atoms with van der Waals surface area (Å²) in [4.78, 5) is 8.69. The lowest BCUT2D eigenvalue weighted by Gasteiger charge is -2.18. The van der Waals surface area contributed by atoms with Crippen LogP contribution in [0, 0.1) is 0 Å². The van der Waals surface area contributed by atoms with Crippen molar-refractivity contribution in [3.05, 3.63) is 18.0 Å². The smallest absolute Gasteiger partial charge is 0.222 e. The van der Waals surface area contributed by atoms with Crippen molar-refractivity contribution in [2.45, 2.75) is 33.1 Å². The maximum absolute atomic E-state index is 4.49. The van der Waals surface area contributed by atoms with Crippen LogP contribution in [0.2, 0.25) is 0 Å². The van der Waals surface area contributed by atoms with Gasteiger partial charge in [-0.2, -0.15) is 0 Å². The van der Waals surface area contributed by atoms with Gasteiger partial charge in [0.1, 0.15) is 0 Å². The molecule has 1 aromatic rings. The molecular weight excluding hydrogens is 200 g/mol. The zero-order valence-electron chi connectivity index (χ0n) is 10.7. The predicted molar refractivity (Wildman–Crippen MR) is 67.8 cm³/mol. The van der Waals surface area contributed by atoms with Gasteiger partial charge >= 0.3 is 0 Å². The summed E-state index contributed by atoms with van der Waals surface area (Å²) in [5.41, 5.74) is 1.13. The van der Waals surface area contributed by atoms with Gasteiger partial charge in [-0.15, -0.1) is 0 Å². The SMILES string of the molecule is CCNCCNc1nccc(C(C)(C)C)n1. The van der Waals surface area contributed by atoms with Crippen molar-refractivity contribution in [3.8, 4) is 0 Å². The molecule has 0 spiro atoms. The average Bonchev–Trinajstić information content (AvgIpc) is 2.24. The fraction of sp³-hybridized carbons (Fsp3) is 0.667. The van der Waals surface area contributed by atoms with Crippen LogP contribution in [-0.2, 0) is 5.41 Å². The summed E-state index contributed by atoms with van der Waals surface area (Å²) in [5, 5.41) is 6.45. The molecule has 2 N–H and O–H groups in total. The molecule has 0 aliphatic carbocycles. The summed E-state index contributed by atoms with van der Waals surface area (Å²) in [6, 6.07) is 1.97. The average molecular weight is 222 g/mol. The van der Waals surface area contributed by atoms with Gasteiger partial charge in [0, 0.05) is 24.7 Å². The van der Waals surface area contributed by atoms with Gasteiger partial charge in [-0.3, -0.25) is 0 Å². The van der Waals surface area contributed by atoms with Crippen molar-refractivity contribution in [3.63, 3.8) is 0 Å². The lowest BCUT2D eigenvalue weighted by Crippen LogP contribution is -2.23. The normalized spacial score (nSPS) is 11.5. The first-order valence-corrected chi connectivity index (χ1v) is 5.82. The minimum absolute atomic E-state index is 0.0705. The summed E-state index contributed by atoms with van der Waals surface area (Å²) in [6.45, 7) is 11.3. The van der Waals surface area contributed by atoms with Crippen LogP contribution < -0.4 is 10.6 Å². The lowest BCUT2D eigenvalue weighted by molar-refractivity contribution is 0.567. The molecule has 1 heterocycles. The third-order valence-corrected chi connectivity index (χ3v) is 2.26. The third-order valence-electron chi connectivity index (χ3n) is 2.26. The van der Waals surface area contributed by atoms with Gasteiger partial charge in [0.05, 0.1) is 5.69 Å². The van der Waals surface area contributed by atoms with E-state index in [1.165, 1.54) is 0 Å². The van der Waals surface area contributed by atoms with Gasteiger partial charge in [0.15, 0.2) is 0 Å². The Labute approximate surface area is 97.9 Å². The molecule has 0 bridgehead atoms. The monoisotopic (exact) mass is 222 g/mol. The number of nitrogens with zero attached hydrogens (tertiary/aromatic N) is 2. The molecule has 4 heteroatoms. The number of aromatic nitrogens is 2. The summed E-state index contributed by atoms with van der Waals surface area (Å²) in [6.07, 6.45) is 1.81. The summed E-state index contributed by atoms with van der Waals surface area (Å²) in [5.74, 6) is 0.713. The molecule has 0 aliphatic rings. The number of hydrogen-bond donors (Lipinski definition) is 2. The first-order valence-electron chi connectivity index (χ1n) is 5.82. The lowest BCUT2D eigenvalue weighted by atomic mass is 9.92. The second kappa shape index (κ2) is 5.80. The Morgan fingerprint density at radius 1 is 1.25 bits per heavy atom. The highest BCUT2D eigenvalue weighted by molar-refractivity contribution is 5.27. The fourth-order valence-corrected chi connectivity index (χ4v) is 1.30. The second-order valence-corrected chi connectivity index (χ2v) is 4.80. The number of nitrogens with one attached hydrogen (secondary N) is 2. The van der Waals surface area contributed by atoms with Crippen LogP contribution >= 0.6 is 0 Å². The Kier molecular flexibility index (Phi) is 4.68. The van der Waals surface area contributed by atoms with E-state index < -0.39 is 0 Å². The molecule has 0 saturated carbocycles. The molecule has 16 heavy (non-hydrogen) atoms. The summed E-state index contributed by atoms with van der Waals surface area (Å²) < 4.78 is 0. The Hall–Kier alpha value is -1.16. The Morgan fingerprint density at radius 3 is 2.62 bits per heavy atom. The van der Waals surface area contributed by atoms with E-state index in [-0.39, 0.29) is 5.41 Å². The van der Waals surface area contributed by atoms with E-state index in [4.69, 9.17) is 0 Å². The molecule has 0 aromatic carbocycles. The van der Waals surface area contributed by atoms with Gasteiger partial charge < -0.3 is 10.6 Å².